The minimum Gasteiger partial charge on any atom is -0.496 e. The molecule has 0 amide bonds. The van der Waals surface area contributed by atoms with Gasteiger partial charge in [0.25, 0.3) is 0 Å². The summed E-state index contributed by atoms with van der Waals surface area (Å²) >= 11 is 9.64. The summed E-state index contributed by atoms with van der Waals surface area (Å²) in [6.07, 6.45) is 0. The first-order valence-corrected chi connectivity index (χ1v) is 7.05. The van der Waals surface area contributed by atoms with E-state index in [2.05, 4.69) is 15.9 Å². The van der Waals surface area contributed by atoms with E-state index in [-0.39, 0.29) is 10.6 Å². The number of rotatable bonds is 3. The first kappa shape index (κ1) is 14.4. The summed E-state index contributed by atoms with van der Waals surface area (Å²) in [5.74, 6) is 0.347. The average molecular weight is 344 g/mol. The summed E-state index contributed by atoms with van der Waals surface area (Å²) in [5, 5.41) is 0.662. The Balaban J connectivity index is 2.48. The molecule has 1 nitrogen and oxygen atoms in total. The van der Waals surface area contributed by atoms with Crippen molar-refractivity contribution >= 4 is 27.5 Å². The maximum absolute atomic E-state index is 13.4. The van der Waals surface area contributed by atoms with Gasteiger partial charge in [0.05, 0.1) is 11.9 Å². The van der Waals surface area contributed by atoms with Gasteiger partial charge in [-0.25, -0.2) is 4.39 Å². The minimum atomic E-state index is -0.293. The number of aryl methyl sites for hydroxylation is 1. The third-order valence-electron chi connectivity index (χ3n) is 2.82. The molecule has 0 aliphatic rings. The first-order chi connectivity index (χ1) is 9.01. The highest BCUT2D eigenvalue weighted by Crippen LogP contribution is 2.38. The van der Waals surface area contributed by atoms with Crippen LogP contribution < -0.4 is 4.74 Å². The van der Waals surface area contributed by atoms with Crippen LogP contribution in [0.15, 0.2) is 36.4 Å². The molecule has 0 radical (unpaired) electrons. The Bertz CT molecular complexity index is 580. The van der Waals surface area contributed by atoms with Gasteiger partial charge in [-0.15, -0.1) is 0 Å². The minimum absolute atomic E-state index is 0.171. The summed E-state index contributed by atoms with van der Waals surface area (Å²) < 4.78 is 18.7. The Morgan fingerprint density at radius 3 is 2.58 bits per heavy atom. The zero-order valence-corrected chi connectivity index (χ0v) is 12.9. The summed E-state index contributed by atoms with van der Waals surface area (Å²) in [5.41, 5.74) is 2.76. The molecule has 2 aromatic rings. The molecule has 0 fully saturated rings. The van der Waals surface area contributed by atoms with Crippen LogP contribution in [0.4, 0.5) is 4.39 Å². The lowest BCUT2D eigenvalue weighted by Gasteiger charge is -2.15. The van der Waals surface area contributed by atoms with Gasteiger partial charge in [-0.1, -0.05) is 33.6 Å². The molecule has 0 aliphatic heterocycles. The van der Waals surface area contributed by atoms with Crippen LogP contribution in [0.5, 0.6) is 5.75 Å². The second kappa shape index (κ2) is 5.93. The molecule has 100 valence electrons. The molecule has 0 spiro atoms. The molecule has 1 unspecified atom stereocenters. The predicted octanol–water partition coefficient (Wildman–Crippen LogP) is 5.28. The Hall–Kier alpha value is -1.06. The summed E-state index contributed by atoms with van der Waals surface area (Å²) in [7, 11) is 1.57. The Kier molecular flexibility index (Phi) is 4.48. The van der Waals surface area contributed by atoms with Crippen molar-refractivity contribution in [2.24, 2.45) is 0 Å². The molecule has 0 N–H and O–H groups in total. The van der Waals surface area contributed by atoms with E-state index < -0.39 is 0 Å². The van der Waals surface area contributed by atoms with Crippen molar-refractivity contribution in [1.82, 2.24) is 0 Å². The molecule has 2 aromatic carbocycles. The Labute approximate surface area is 125 Å². The zero-order valence-electron chi connectivity index (χ0n) is 10.6. The lowest BCUT2D eigenvalue weighted by atomic mass is 10.0. The molecule has 0 bridgehead atoms. The van der Waals surface area contributed by atoms with Crippen LogP contribution >= 0.6 is 27.5 Å². The van der Waals surface area contributed by atoms with Gasteiger partial charge < -0.3 is 4.74 Å². The van der Waals surface area contributed by atoms with Crippen molar-refractivity contribution in [3.63, 3.8) is 0 Å². The average Bonchev–Trinajstić information content (AvgIpc) is 2.36. The van der Waals surface area contributed by atoms with E-state index in [4.69, 9.17) is 16.3 Å². The largest absolute Gasteiger partial charge is 0.496 e. The molecule has 19 heavy (non-hydrogen) atoms. The molecule has 0 aromatic heterocycles. The van der Waals surface area contributed by atoms with Gasteiger partial charge in [0.15, 0.2) is 0 Å². The first-order valence-electron chi connectivity index (χ1n) is 5.76. The fourth-order valence-corrected chi connectivity index (χ4v) is 2.91. The second-order valence-electron chi connectivity index (χ2n) is 4.31. The van der Waals surface area contributed by atoms with Gasteiger partial charge in [0.1, 0.15) is 11.6 Å². The quantitative estimate of drug-likeness (QED) is 0.689. The number of alkyl halides is 1. The summed E-state index contributed by atoms with van der Waals surface area (Å²) in [4.78, 5) is -0.171. The maximum Gasteiger partial charge on any atom is 0.123 e. The summed E-state index contributed by atoms with van der Waals surface area (Å²) in [6, 6.07) is 10.2. The monoisotopic (exact) mass is 342 g/mol. The van der Waals surface area contributed by atoms with Crippen LogP contribution in [-0.4, -0.2) is 7.11 Å². The third kappa shape index (κ3) is 3.28. The van der Waals surface area contributed by atoms with Crippen molar-refractivity contribution < 1.29 is 9.13 Å². The van der Waals surface area contributed by atoms with E-state index in [1.807, 2.05) is 25.1 Å². The molecule has 2 rings (SSSR count). The fraction of sp³-hybridized carbons (Fsp3) is 0.200. The number of hydrogen-bond donors (Lipinski definition) is 0. The van der Waals surface area contributed by atoms with Gasteiger partial charge in [0, 0.05) is 10.6 Å². The highest BCUT2D eigenvalue weighted by molar-refractivity contribution is 9.09. The van der Waals surface area contributed by atoms with Crippen molar-refractivity contribution in [1.29, 1.82) is 0 Å². The normalized spacial score (nSPS) is 12.3. The molecule has 1 atom stereocenters. The molecule has 0 saturated carbocycles. The summed E-state index contributed by atoms with van der Waals surface area (Å²) in [6.45, 7) is 1.97. The zero-order chi connectivity index (χ0) is 14.0. The van der Waals surface area contributed by atoms with E-state index in [9.17, 15) is 4.39 Å². The van der Waals surface area contributed by atoms with Gasteiger partial charge in [-0.2, -0.15) is 0 Å². The van der Waals surface area contributed by atoms with E-state index in [1.165, 1.54) is 12.1 Å². The van der Waals surface area contributed by atoms with Gasteiger partial charge in [0.2, 0.25) is 0 Å². The molecular formula is C15H13BrClFO. The second-order valence-corrected chi connectivity index (χ2v) is 5.66. The number of methoxy groups -OCH3 is 1. The molecular weight excluding hydrogens is 331 g/mol. The number of hydrogen-bond acceptors (Lipinski definition) is 1. The molecule has 0 heterocycles. The fourth-order valence-electron chi connectivity index (χ4n) is 1.99. The topological polar surface area (TPSA) is 9.23 Å². The van der Waals surface area contributed by atoms with Crippen LogP contribution in [0.3, 0.4) is 0 Å². The van der Waals surface area contributed by atoms with Crippen LogP contribution in [0.1, 0.15) is 21.5 Å². The van der Waals surface area contributed by atoms with E-state index in [0.29, 0.717) is 10.8 Å². The Morgan fingerprint density at radius 1 is 1.21 bits per heavy atom. The number of ether oxygens (including phenoxy) is 1. The van der Waals surface area contributed by atoms with Crippen molar-refractivity contribution in [3.05, 3.63) is 63.9 Å². The van der Waals surface area contributed by atoms with Gasteiger partial charge in [-0.05, 0) is 48.4 Å². The molecule has 0 saturated heterocycles. The van der Waals surface area contributed by atoms with Crippen LogP contribution in [0, 0.1) is 12.7 Å². The van der Waals surface area contributed by atoms with Crippen molar-refractivity contribution in [2.75, 3.05) is 7.11 Å². The number of benzene rings is 2. The Morgan fingerprint density at radius 2 is 1.95 bits per heavy atom. The molecule has 0 aliphatic carbocycles. The van der Waals surface area contributed by atoms with Crippen LogP contribution in [-0.2, 0) is 0 Å². The highest BCUT2D eigenvalue weighted by Gasteiger charge is 2.17. The highest BCUT2D eigenvalue weighted by atomic mass is 79.9. The van der Waals surface area contributed by atoms with E-state index in [1.54, 1.807) is 13.2 Å². The lowest BCUT2D eigenvalue weighted by Crippen LogP contribution is -1.98. The molecule has 4 heteroatoms. The predicted molar refractivity (Wildman–Crippen MR) is 79.9 cm³/mol. The smallest absolute Gasteiger partial charge is 0.123 e. The van der Waals surface area contributed by atoms with E-state index >= 15 is 0 Å². The van der Waals surface area contributed by atoms with Gasteiger partial charge in [-0.3, -0.25) is 0 Å². The van der Waals surface area contributed by atoms with E-state index in [0.717, 1.165) is 16.7 Å². The third-order valence-corrected chi connectivity index (χ3v) is 4.06. The standard InChI is InChI=1S/C15H13BrClFO/c1-9-5-10(7-11(17)6-9)15(16)13-8-12(18)3-4-14(13)19-2/h3-8,15H,1-2H3. The lowest BCUT2D eigenvalue weighted by molar-refractivity contribution is 0.409. The number of halogens is 3. The van der Waals surface area contributed by atoms with Crippen LogP contribution in [0.25, 0.3) is 0 Å². The maximum atomic E-state index is 13.4. The van der Waals surface area contributed by atoms with Crippen molar-refractivity contribution in [3.8, 4) is 5.75 Å². The van der Waals surface area contributed by atoms with Crippen molar-refractivity contribution in [2.45, 2.75) is 11.8 Å². The SMILES string of the molecule is COc1ccc(F)cc1C(Br)c1cc(C)cc(Cl)c1. The van der Waals surface area contributed by atoms with Crippen LogP contribution in [0.2, 0.25) is 5.02 Å². The van der Waals surface area contributed by atoms with Gasteiger partial charge >= 0.3 is 0 Å².